The molecule has 166 valence electrons. The Balaban J connectivity index is 0.00000392. The van der Waals surface area contributed by atoms with Crippen molar-refractivity contribution in [2.75, 3.05) is 65.7 Å². The molecule has 7 heteroatoms. The van der Waals surface area contributed by atoms with Gasteiger partial charge >= 0.3 is 0 Å². The second-order valence-electron chi connectivity index (χ2n) is 8.25. The Morgan fingerprint density at radius 2 is 1.89 bits per heavy atom. The van der Waals surface area contributed by atoms with Crippen LogP contribution in [-0.4, -0.2) is 76.6 Å². The molecule has 1 aliphatic carbocycles. The first kappa shape index (κ1) is 25.9. The van der Waals surface area contributed by atoms with E-state index in [4.69, 9.17) is 14.5 Å². The van der Waals surface area contributed by atoms with Crippen molar-refractivity contribution in [2.24, 2.45) is 16.3 Å². The number of halogens is 1. The lowest BCUT2D eigenvalue weighted by Gasteiger charge is -2.29. The van der Waals surface area contributed by atoms with E-state index in [1.54, 1.807) is 0 Å². The zero-order valence-corrected chi connectivity index (χ0v) is 20.6. The first-order chi connectivity index (χ1) is 13.2. The molecule has 0 bridgehead atoms. The van der Waals surface area contributed by atoms with Gasteiger partial charge in [-0.2, -0.15) is 0 Å². The third-order valence-corrected chi connectivity index (χ3v) is 5.85. The van der Waals surface area contributed by atoms with Crippen LogP contribution in [0.3, 0.4) is 0 Å². The minimum absolute atomic E-state index is 0. The van der Waals surface area contributed by atoms with Crippen molar-refractivity contribution in [1.29, 1.82) is 0 Å². The molecule has 0 aromatic rings. The summed E-state index contributed by atoms with van der Waals surface area (Å²) in [5, 5.41) is 6.99. The van der Waals surface area contributed by atoms with E-state index in [0.717, 1.165) is 78.1 Å². The molecule has 0 spiro atoms. The van der Waals surface area contributed by atoms with Crippen LogP contribution in [0.25, 0.3) is 0 Å². The summed E-state index contributed by atoms with van der Waals surface area (Å²) in [7, 11) is 0. The van der Waals surface area contributed by atoms with Gasteiger partial charge in [-0.05, 0) is 44.4 Å². The van der Waals surface area contributed by atoms with Gasteiger partial charge in [0.2, 0.25) is 0 Å². The quantitative estimate of drug-likeness (QED) is 0.194. The lowest BCUT2D eigenvalue weighted by molar-refractivity contribution is 0.0320. The summed E-state index contributed by atoms with van der Waals surface area (Å²) in [5.41, 5.74) is 0.344. The van der Waals surface area contributed by atoms with Gasteiger partial charge in [0.15, 0.2) is 5.96 Å². The molecule has 6 nitrogen and oxygen atoms in total. The Bertz CT molecular complexity index is 425. The second kappa shape index (κ2) is 14.8. The molecule has 1 saturated carbocycles. The summed E-state index contributed by atoms with van der Waals surface area (Å²) < 4.78 is 11.1. The van der Waals surface area contributed by atoms with Gasteiger partial charge in [0, 0.05) is 52.5 Å². The van der Waals surface area contributed by atoms with E-state index in [9.17, 15) is 0 Å². The van der Waals surface area contributed by atoms with Crippen molar-refractivity contribution in [3.8, 4) is 0 Å². The van der Waals surface area contributed by atoms with Crippen molar-refractivity contribution in [1.82, 2.24) is 15.5 Å². The number of nitrogens with zero attached hydrogens (tertiary/aromatic N) is 2. The zero-order chi connectivity index (χ0) is 19.4. The van der Waals surface area contributed by atoms with Crippen LogP contribution in [-0.2, 0) is 9.47 Å². The van der Waals surface area contributed by atoms with Crippen LogP contribution in [0.4, 0.5) is 0 Å². The average Bonchev–Trinajstić information content (AvgIpc) is 3.14. The molecule has 0 amide bonds. The molecule has 2 aliphatic rings. The molecule has 2 fully saturated rings. The number of hydrogen-bond acceptors (Lipinski definition) is 4. The Labute approximate surface area is 189 Å². The van der Waals surface area contributed by atoms with Gasteiger partial charge in [0.05, 0.1) is 13.2 Å². The minimum Gasteiger partial charge on any atom is -0.382 e. The van der Waals surface area contributed by atoms with E-state index in [2.05, 4.69) is 36.3 Å². The highest BCUT2D eigenvalue weighted by Crippen LogP contribution is 2.41. The van der Waals surface area contributed by atoms with Crippen molar-refractivity contribution < 1.29 is 9.47 Å². The zero-order valence-electron chi connectivity index (χ0n) is 18.3. The van der Waals surface area contributed by atoms with Gasteiger partial charge in [-0.25, -0.2) is 0 Å². The summed E-state index contributed by atoms with van der Waals surface area (Å²) >= 11 is 0. The molecule has 2 N–H and O–H groups in total. The molecule has 1 unspecified atom stereocenters. The van der Waals surface area contributed by atoms with E-state index in [-0.39, 0.29) is 24.0 Å². The lowest BCUT2D eigenvalue weighted by atomic mass is 9.83. The largest absolute Gasteiger partial charge is 0.382 e. The molecular weight excluding hydrogens is 467 g/mol. The van der Waals surface area contributed by atoms with E-state index in [1.807, 2.05) is 0 Å². The van der Waals surface area contributed by atoms with E-state index in [1.165, 1.54) is 25.7 Å². The van der Waals surface area contributed by atoms with E-state index < -0.39 is 0 Å². The first-order valence-corrected chi connectivity index (χ1v) is 11.1. The Kier molecular flexibility index (Phi) is 13.7. The fourth-order valence-electron chi connectivity index (χ4n) is 4.19. The van der Waals surface area contributed by atoms with Crippen LogP contribution in [0.15, 0.2) is 4.99 Å². The van der Waals surface area contributed by atoms with Gasteiger partial charge in [0.1, 0.15) is 0 Å². The number of nitrogens with one attached hydrogen (secondary N) is 2. The van der Waals surface area contributed by atoms with Crippen LogP contribution in [0.2, 0.25) is 0 Å². The van der Waals surface area contributed by atoms with Crippen LogP contribution >= 0.6 is 24.0 Å². The minimum atomic E-state index is 0. The van der Waals surface area contributed by atoms with Crippen molar-refractivity contribution in [2.45, 2.75) is 52.9 Å². The summed E-state index contributed by atoms with van der Waals surface area (Å²) in [6.45, 7) is 15.9. The van der Waals surface area contributed by atoms with Crippen molar-refractivity contribution in [3.05, 3.63) is 0 Å². The van der Waals surface area contributed by atoms with E-state index >= 15 is 0 Å². The van der Waals surface area contributed by atoms with Gasteiger partial charge < -0.3 is 20.1 Å². The second-order valence-corrected chi connectivity index (χ2v) is 8.25. The van der Waals surface area contributed by atoms with Gasteiger partial charge in [-0.1, -0.05) is 19.8 Å². The number of hydrogen-bond donors (Lipinski definition) is 2. The van der Waals surface area contributed by atoms with Gasteiger partial charge in [-0.3, -0.25) is 9.89 Å². The number of guanidine groups is 1. The number of ether oxygens (including phenoxy) is 2. The topological polar surface area (TPSA) is 58.1 Å². The number of rotatable bonds is 11. The molecule has 1 aliphatic heterocycles. The fraction of sp³-hybridized carbons (Fsp3) is 0.952. The van der Waals surface area contributed by atoms with Gasteiger partial charge in [-0.15, -0.1) is 24.0 Å². The van der Waals surface area contributed by atoms with Crippen LogP contribution in [0.5, 0.6) is 0 Å². The predicted octanol–water partition coefficient (Wildman–Crippen LogP) is 3.11. The highest BCUT2D eigenvalue weighted by Gasteiger charge is 2.33. The lowest BCUT2D eigenvalue weighted by Crippen LogP contribution is -2.44. The molecule has 1 atom stereocenters. The molecule has 0 aromatic carbocycles. The number of aliphatic imine (C=N–C) groups is 1. The van der Waals surface area contributed by atoms with Crippen molar-refractivity contribution in [3.63, 3.8) is 0 Å². The van der Waals surface area contributed by atoms with Crippen LogP contribution < -0.4 is 10.6 Å². The summed E-state index contributed by atoms with van der Waals surface area (Å²) in [4.78, 5) is 7.47. The first-order valence-electron chi connectivity index (χ1n) is 11.1. The maximum absolute atomic E-state index is 5.63. The Morgan fingerprint density at radius 1 is 1.18 bits per heavy atom. The number of morpholine rings is 1. The standard InChI is InChI=1S/C21H42N4O2.HI/c1-4-22-20(23-16-19(3)17-25-11-14-27-15-12-25)24-18-21(8-6-7-9-21)10-13-26-5-2;/h19H,4-18H2,1-3H3,(H2,22,23,24);1H. The maximum Gasteiger partial charge on any atom is 0.191 e. The molecule has 2 rings (SSSR count). The molecule has 0 radical (unpaired) electrons. The molecular formula is C21H43IN4O2. The SMILES string of the molecule is CCNC(=NCC1(CCOCC)CCCC1)NCC(C)CN1CCOCC1.I. The average molecular weight is 511 g/mol. The third-order valence-electron chi connectivity index (χ3n) is 5.85. The summed E-state index contributed by atoms with van der Waals surface area (Å²) in [5.74, 6) is 1.55. The summed E-state index contributed by atoms with van der Waals surface area (Å²) in [6.07, 6.45) is 6.38. The smallest absolute Gasteiger partial charge is 0.191 e. The highest BCUT2D eigenvalue weighted by atomic mass is 127. The fourth-order valence-corrected chi connectivity index (χ4v) is 4.19. The van der Waals surface area contributed by atoms with E-state index in [0.29, 0.717) is 11.3 Å². The Morgan fingerprint density at radius 3 is 2.54 bits per heavy atom. The monoisotopic (exact) mass is 510 g/mol. The van der Waals surface area contributed by atoms with Gasteiger partial charge in [0.25, 0.3) is 0 Å². The predicted molar refractivity (Wildman–Crippen MR) is 128 cm³/mol. The Hall–Kier alpha value is -0.120. The van der Waals surface area contributed by atoms with Crippen LogP contribution in [0.1, 0.15) is 52.9 Å². The molecule has 0 aromatic heterocycles. The third kappa shape index (κ3) is 9.59. The molecule has 28 heavy (non-hydrogen) atoms. The van der Waals surface area contributed by atoms with Crippen molar-refractivity contribution >= 4 is 29.9 Å². The highest BCUT2D eigenvalue weighted by molar-refractivity contribution is 14.0. The maximum atomic E-state index is 5.63. The van der Waals surface area contributed by atoms with Crippen LogP contribution in [0, 0.1) is 11.3 Å². The normalized spacial score (nSPS) is 21.2. The molecule has 1 heterocycles. The molecule has 1 saturated heterocycles. The summed E-state index contributed by atoms with van der Waals surface area (Å²) in [6, 6.07) is 0.